The summed E-state index contributed by atoms with van der Waals surface area (Å²) in [6.07, 6.45) is -0.0357. The highest BCUT2D eigenvalue weighted by Crippen LogP contribution is 2.41. The lowest BCUT2D eigenvalue weighted by Crippen LogP contribution is -2.28. The lowest BCUT2D eigenvalue weighted by Gasteiger charge is -2.19. The van der Waals surface area contributed by atoms with Gasteiger partial charge in [0, 0.05) is 18.9 Å². The number of benzene rings is 1. The molecule has 1 heterocycles. The third kappa shape index (κ3) is 3.98. The van der Waals surface area contributed by atoms with Gasteiger partial charge in [-0.15, -0.1) is 0 Å². The predicted molar refractivity (Wildman–Crippen MR) is 85.8 cm³/mol. The number of amides is 1. The zero-order valence-corrected chi connectivity index (χ0v) is 14.5. The van der Waals surface area contributed by atoms with Crippen LogP contribution in [-0.2, 0) is 14.8 Å². The number of ether oxygens (including phenoxy) is 1. The Kier molecular flexibility index (Phi) is 4.92. The Bertz CT molecular complexity index is 766. The van der Waals surface area contributed by atoms with E-state index in [0.717, 1.165) is 0 Å². The number of anilines is 1. The van der Waals surface area contributed by atoms with Crippen LogP contribution in [0.4, 0.5) is 11.4 Å². The van der Waals surface area contributed by atoms with E-state index in [-0.39, 0.29) is 35.8 Å². The quantitative estimate of drug-likeness (QED) is 0.571. The Labute approximate surface area is 140 Å². The van der Waals surface area contributed by atoms with Crippen molar-refractivity contribution in [2.75, 3.05) is 24.3 Å². The first-order valence-electron chi connectivity index (χ1n) is 6.45. The fourth-order valence-electron chi connectivity index (χ4n) is 2.52. The van der Waals surface area contributed by atoms with Crippen molar-refractivity contribution in [2.24, 2.45) is 11.1 Å². The van der Waals surface area contributed by atoms with Gasteiger partial charge in [0.05, 0.1) is 28.3 Å². The molecule has 1 atom stereocenters. The summed E-state index contributed by atoms with van der Waals surface area (Å²) in [6.45, 7) is 0.0427. The molecule has 0 bridgehead atoms. The van der Waals surface area contributed by atoms with Crippen molar-refractivity contribution >= 4 is 43.2 Å². The molecule has 2 rings (SSSR count). The number of hydrogen-bond acceptors (Lipinski definition) is 6. The highest BCUT2D eigenvalue weighted by molar-refractivity contribution is 9.10. The van der Waals surface area contributed by atoms with Crippen molar-refractivity contribution < 1.29 is 22.9 Å². The molecule has 0 radical (unpaired) electrons. The molecular formula is C12H14BrN3O6S. The summed E-state index contributed by atoms with van der Waals surface area (Å²) in [6, 6.07) is 2.71. The standard InChI is InChI=1S/C12H14BrN3O6S/c1-22-8-3-9(13)12(10(4-8)16(18)19)15-5-7(2-11(15)17)6-23(14,20)21/h3-4,7H,2,5-6H2,1H3,(H2,14,20,21). The molecule has 0 aromatic heterocycles. The Balaban J connectivity index is 2.42. The van der Waals surface area contributed by atoms with Gasteiger partial charge in [-0.05, 0) is 22.0 Å². The molecule has 1 unspecified atom stereocenters. The molecule has 0 aliphatic carbocycles. The smallest absolute Gasteiger partial charge is 0.297 e. The van der Waals surface area contributed by atoms with Crippen molar-refractivity contribution in [1.82, 2.24) is 0 Å². The number of halogens is 1. The maximum atomic E-state index is 12.2. The maximum absolute atomic E-state index is 12.2. The highest BCUT2D eigenvalue weighted by atomic mass is 79.9. The number of carbonyl (C=O) groups is 1. The molecule has 0 spiro atoms. The van der Waals surface area contributed by atoms with Gasteiger partial charge >= 0.3 is 0 Å². The lowest BCUT2D eigenvalue weighted by molar-refractivity contribution is -0.384. The summed E-state index contributed by atoms with van der Waals surface area (Å²) in [5.41, 5.74) is -0.224. The molecule has 1 aromatic carbocycles. The fourth-order valence-corrected chi connectivity index (χ4v) is 4.05. The average Bonchev–Trinajstić information content (AvgIpc) is 2.75. The number of nitrogens with two attached hydrogens (primary N) is 1. The number of nitrogens with zero attached hydrogens (tertiary/aromatic N) is 2. The summed E-state index contributed by atoms with van der Waals surface area (Å²) in [5.74, 6) is -0.990. The molecule has 1 aromatic rings. The molecule has 1 fully saturated rings. The summed E-state index contributed by atoms with van der Waals surface area (Å²) in [7, 11) is -2.36. The van der Waals surface area contributed by atoms with Crippen LogP contribution in [0.15, 0.2) is 16.6 Å². The van der Waals surface area contributed by atoms with E-state index in [1.165, 1.54) is 24.1 Å². The maximum Gasteiger partial charge on any atom is 0.297 e. The van der Waals surface area contributed by atoms with Crippen molar-refractivity contribution in [2.45, 2.75) is 6.42 Å². The molecule has 1 aliphatic heterocycles. The van der Waals surface area contributed by atoms with Gasteiger partial charge in [-0.3, -0.25) is 14.9 Å². The van der Waals surface area contributed by atoms with E-state index in [1.54, 1.807) is 0 Å². The monoisotopic (exact) mass is 407 g/mol. The number of sulfonamides is 1. The SMILES string of the molecule is COc1cc(Br)c(N2CC(CS(N)(=O)=O)CC2=O)c([N+](=O)[O-])c1. The zero-order chi connectivity index (χ0) is 17.4. The second-order valence-corrected chi connectivity index (χ2v) is 7.65. The minimum Gasteiger partial charge on any atom is -0.496 e. The minimum absolute atomic E-state index is 0.0357. The van der Waals surface area contributed by atoms with E-state index in [0.29, 0.717) is 4.47 Å². The Morgan fingerprint density at radius 3 is 2.70 bits per heavy atom. The Morgan fingerprint density at radius 2 is 2.17 bits per heavy atom. The molecule has 0 saturated carbocycles. The van der Waals surface area contributed by atoms with Crippen molar-refractivity contribution in [3.05, 3.63) is 26.7 Å². The number of hydrogen-bond donors (Lipinski definition) is 1. The van der Waals surface area contributed by atoms with Crippen LogP contribution < -0.4 is 14.8 Å². The predicted octanol–water partition coefficient (Wildman–Crippen LogP) is 1.01. The zero-order valence-electron chi connectivity index (χ0n) is 12.1. The van der Waals surface area contributed by atoms with Gasteiger partial charge in [-0.25, -0.2) is 13.6 Å². The minimum atomic E-state index is -3.73. The molecule has 1 aliphatic rings. The number of primary sulfonamides is 1. The van der Waals surface area contributed by atoms with Gasteiger partial charge in [-0.2, -0.15) is 0 Å². The van der Waals surface area contributed by atoms with Crippen LogP contribution in [0, 0.1) is 16.0 Å². The van der Waals surface area contributed by atoms with E-state index in [2.05, 4.69) is 15.9 Å². The van der Waals surface area contributed by atoms with E-state index < -0.39 is 26.8 Å². The third-order valence-corrected chi connectivity index (χ3v) is 4.93. The summed E-state index contributed by atoms with van der Waals surface area (Å²) >= 11 is 3.20. The molecule has 1 amide bonds. The summed E-state index contributed by atoms with van der Waals surface area (Å²) in [5, 5.41) is 16.3. The third-order valence-electron chi connectivity index (χ3n) is 3.39. The highest BCUT2D eigenvalue weighted by Gasteiger charge is 2.37. The first-order valence-corrected chi connectivity index (χ1v) is 8.96. The summed E-state index contributed by atoms with van der Waals surface area (Å²) in [4.78, 5) is 24.0. The van der Waals surface area contributed by atoms with Crippen LogP contribution in [0.25, 0.3) is 0 Å². The Hall–Kier alpha value is -1.72. The van der Waals surface area contributed by atoms with Crippen LogP contribution in [-0.4, -0.2) is 38.7 Å². The number of nitro benzene ring substituents is 1. The van der Waals surface area contributed by atoms with Crippen LogP contribution in [0.1, 0.15) is 6.42 Å². The molecule has 23 heavy (non-hydrogen) atoms. The lowest BCUT2D eigenvalue weighted by atomic mass is 10.1. The van der Waals surface area contributed by atoms with Crippen LogP contribution >= 0.6 is 15.9 Å². The van der Waals surface area contributed by atoms with Gasteiger partial charge in [0.25, 0.3) is 5.69 Å². The number of rotatable bonds is 5. The fraction of sp³-hybridized carbons (Fsp3) is 0.417. The molecule has 1 saturated heterocycles. The molecule has 11 heteroatoms. The van der Waals surface area contributed by atoms with E-state index >= 15 is 0 Å². The van der Waals surface area contributed by atoms with E-state index in [9.17, 15) is 23.3 Å². The van der Waals surface area contributed by atoms with Crippen LogP contribution in [0.3, 0.4) is 0 Å². The van der Waals surface area contributed by atoms with Crippen molar-refractivity contribution in [3.8, 4) is 5.75 Å². The van der Waals surface area contributed by atoms with Gasteiger partial charge in [0.15, 0.2) is 0 Å². The number of carbonyl (C=O) groups excluding carboxylic acids is 1. The largest absolute Gasteiger partial charge is 0.496 e. The summed E-state index contributed by atoms with van der Waals surface area (Å²) < 4.78 is 27.6. The van der Waals surface area contributed by atoms with Gasteiger partial charge in [0.1, 0.15) is 11.4 Å². The normalized spacial score (nSPS) is 18.3. The van der Waals surface area contributed by atoms with E-state index in [4.69, 9.17) is 9.88 Å². The number of nitro groups is 1. The molecule has 9 nitrogen and oxygen atoms in total. The molecule has 2 N–H and O–H groups in total. The van der Waals surface area contributed by atoms with Crippen LogP contribution in [0.2, 0.25) is 0 Å². The first-order chi connectivity index (χ1) is 10.6. The first kappa shape index (κ1) is 17.6. The van der Waals surface area contributed by atoms with E-state index in [1.807, 2.05) is 0 Å². The molecule has 126 valence electrons. The van der Waals surface area contributed by atoms with Crippen molar-refractivity contribution in [1.29, 1.82) is 0 Å². The molecular weight excluding hydrogens is 394 g/mol. The second-order valence-electron chi connectivity index (χ2n) is 5.14. The van der Waals surface area contributed by atoms with Crippen LogP contribution in [0.5, 0.6) is 5.75 Å². The van der Waals surface area contributed by atoms with Gasteiger partial charge in [0.2, 0.25) is 15.9 Å². The van der Waals surface area contributed by atoms with Gasteiger partial charge < -0.3 is 9.64 Å². The number of methoxy groups -OCH3 is 1. The topological polar surface area (TPSA) is 133 Å². The Morgan fingerprint density at radius 1 is 1.52 bits per heavy atom. The second kappa shape index (κ2) is 6.42. The van der Waals surface area contributed by atoms with Gasteiger partial charge in [-0.1, -0.05) is 0 Å². The van der Waals surface area contributed by atoms with Crippen molar-refractivity contribution in [3.63, 3.8) is 0 Å². The average molecular weight is 408 g/mol.